The minimum absolute atomic E-state index is 0.226. The number of methoxy groups -OCH3 is 1. The number of amides is 1. The number of nitrogens with two attached hydrogens (primary N) is 2. The van der Waals surface area contributed by atoms with Gasteiger partial charge in [0.1, 0.15) is 5.82 Å². The van der Waals surface area contributed by atoms with Crippen molar-refractivity contribution in [1.82, 2.24) is 4.98 Å². The van der Waals surface area contributed by atoms with Crippen LogP contribution in [0.3, 0.4) is 0 Å². The maximum absolute atomic E-state index is 11.5. The number of carbonyl (C=O) groups is 1. The Labute approximate surface area is 112 Å². The van der Waals surface area contributed by atoms with Crippen LogP contribution in [0.4, 0.5) is 11.5 Å². The van der Waals surface area contributed by atoms with E-state index in [9.17, 15) is 4.79 Å². The Morgan fingerprint density at radius 1 is 1.58 bits per heavy atom. The van der Waals surface area contributed by atoms with Crippen LogP contribution in [0.1, 0.15) is 30.1 Å². The number of hydrogen-bond donors (Lipinski definition) is 2. The minimum atomic E-state index is -0.514. The molecule has 0 aromatic carbocycles. The molecule has 2 rings (SSSR count). The highest BCUT2D eigenvalue weighted by atomic mass is 16.5. The third-order valence-corrected chi connectivity index (χ3v) is 3.60. The largest absolute Gasteiger partial charge is 0.397 e. The summed E-state index contributed by atoms with van der Waals surface area (Å²) in [6.07, 6.45) is 3.51. The third-order valence-electron chi connectivity index (χ3n) is 3.60. The summed E-state index contributed by atoms with van der Waals surface area (Å²) in [5.41, 5.74) is 11.6. The summed E-state index contributed by atoms with van der Waals surface area (Å²) in [6.45, 7) is 3.57. The summed E-state index contributed by atoms with van der Waals surface area (Å²) >= 11 is 0. The van der Waals surface area contributed by atoms with E-state index >= 15 is 0 Å². The van der Waals surface area contributed by atoms with Crippen molar-refractivity contribution >= 4 is 17.4 Å². The molecule has 0 saturated carbocycles. The van der Waals surface area contributed by atoms with Crippen LogP contribution in [0.15, 0.2) is 12.3 Å². The number of anilines is 2. The fraction of sp³-hybridized carbons (Fsp3) is 0.538. The first-order valence-corrected chi connectivity index (χ1v) is 6.30. The predicted molar refractivity (Wildman–Crippen MR) is 74.0 cm³/mol. The second-order valence-corrected chi connectivity index (χ2v) is 5.18. The molecule has 2 heterocycles. The van der Waals surface area contributed by atoms with E-state index in [0.29, 0.717) is 23.6 Å². The van der Waals surface area contributed by atoms with Crippen LogP contribution in [-0.4, -0.2) is 36.7 Å². The van der Waals surface area contributed by atoms with Crippen molar-refractivity contribution in [3.8, 4) is 0 Å². The van der Waals surface area contributed by atoms with E-state index in [-0.39, 0.29) is 5.60 Å². The summed E-state index contributed by atoms with van der Waals surface area (Å²) in [5.74, 6) is 0.0733. The standard InChI is InChI=1S/C13H20N4O2/c1-13(19-2)4-3-5-17(8-13)12-10(11(15)18)6-9(14)7-16-12/h6-7H,3-5,8,14H2,1-2H3,(H2,15,18). The second-order valence-electron chi connectivity index (χ2n) is 5.18. The lowest BCUT2D eigenvalue weighted by Gasteiger charge is -2.40. The predicted octanol–water partition coefficient (Wildman–Crippen LogP) is 0.768. The van der Waals surface area contributed by atoms with Gasteiger partial charge in [0.05, 0.1) is 23.0 Å². The Balaban J connectivity index is 2.33. The van der Waals surface area contributed by atoms with Crippen molar-refractivity contribution < 1.29 is 9.53 Å². The van der Waals surface area contributed by atoms with Crippen molar-refractivity contribution in [1.29, 1.82) is 0 Å². The molecule has 104 valence electrons. The molecule has 1 atom stereocenters. The first-order valence-electron chi connectivity index (χ1n) is 6.30. The minimum Gasteiger partial charge on any atom is -0.397 e. The summed E-state index contributed by atoms with van der Waals surface area (Å²) in [7, 11) is 1.70. The molecule has 19 heavy (non-hydrogen) atoms. The number of nitrogen functional groups attached to an aromatic ring is 1. The SMILES string of the molecule is COC1(C)CCCN(c2ncc(N)cc2C(N)=O)C1. The van der Waals surface area contributed by atoms with Crippen LogP contribution >= 0.6 is 0 Å². The summed E-state index contributed by atoms with van der Waals surface area (Å²) in [6, 6.07) is 1.57. The van der Waals surface area contributed by atoms with Crippen LogP contribution in [0, 0.1) is 0 Å². The molecule has 1 aliphatic heterocycles. The van der Waals surface area contributed by atoms with Gasteiger partial charge in [0.25, 0.3) is 5.91 Å². The molecule has 0 spiro atoms. The van der Waals surface area contributed by atoms with Gasteiger partial charge in [0.2, 0.25) is 0 Å². The Hall–Kier alpha value is -1.82. The molecule has 1 aromatic heterocycles. The average Bonchev–Trinajstić information content (AvgIpc) is 2.38. The second kappa shape index (κ2) is 5.05. The fourth-order valence-corrected chi connectivity index (χ4v) is 2.46. The average molecular weight is 264 g/mol. The lowest BCUT2D eigenvalue weighted by atomic mass is 9.94. The van der Waals surface area contributed by atoms with E-state index in [1.165, 1.54) is 0 Å². The molecule has 4 N–H and O–H groups in total. The van der Waals surface area contributed by atoms with E-state index in [1.54, 1.807) is 19.4 Å². The highest BCUT2D eigenvalue weighted by Crippen LogP contribution is 2.29. The van der Waals surface area contributed by atoms with Gasteiger partial charge in [0, 0.05) is 20.2 Å². The normalized spacial score (nSPS) is 23.4. The van der Waals surface area contributed by atoms with Gasteiger partial charge in [-0.05, 0) is 25.8 Å². The van der Waals surface area contributed by atoms with E-state index in [4.69, 9.17) is 16.2 Å². The summed E-state index contributed by atoms with van der Waals surface area (Å²) < 4.78 is 5.54. The van der Waals surface area contributed by atoms with Crippen molar-refractivity contribution in [3.63, 3.8) is 0 Å². The van der Waals surface area contributed by atoms with Crippen molar-refractivity contribution in [2.75, 3.05) is 30.8 Å². The number of pyridine rings is 1. The lowest BCUT2D eigenvalue weighted by Crippen LogP contribution is -2.48. The zero-order chi connectivity index (χ0) is 14.0. The number of ether oxygens (including phenoxy) is 1. The number of carbonyl (C=O) groups excluding carboxylic acids is 1. The monoisotopic (exact) mass is 264 g/mol. The van der Waals surface area contributed by atoms with Crippen molar-refractivity contribution in [2.45, 2.75) is 25.4 Å². The van der Waals surface area contributed by atoms with Gasteiger partial charge >= 0.3 is 0 Å². The fourth-order valence-electron chi connectivity index (χ4n) is 2.46. The maximum Gasteiger partial charge on any atom is 0.252 e. The number of hydrogen-bond acceptors (Lipinski definition) is 5. The van der Waals surface area contributed by atoms with E-state index < -0.39 is 5.91 Å². The molecule has 0 radical (unpaired) electrons. The first-order chi connectivity index (χ1) is 8.95. The number of aromatic nitrogens is 1. The van der Waals surface area contributed by atoms with Gasteiger partial charge in [0.15, 0.2) is 0 Å². The molecular formula is C13H20N4O2. The lowest BCUT2D eigenvalue weighted by molar-refractivity contribution is -0.00485. The van der Waals surface area contributed by atoms with Crippen LogP contribution in [0.5, 0.6) is 0 Å². The van der Waals surface area contributed by atoms with E-state index in [2.05, 4.69) is 11.9 Å². The summed E-state index contributed by atoms with van der Waals surface area (Å²) in [4.78, 5) is 17.8. The van der Waals surface area contributed by atoms with Gasteiger partial charge < -0.3 is 21.1 Å². The van der Waals surface area contributed by atoms with Gasteiger partial charge in [-0.15, -0.1) is 0 Å². The third kappa shape index (κ3) is 2.78. The number of primary amides is 1. The Morgan fingerprint density at radius 2 is 2.32 bits per heavy atom. The molecule has 0 aliphatic carbocycles. The van der Waals surface area contributed by atoms with E-state index in [1.807, 2.05) is 4.90 Å². The molecule has 1 amide bonds. The van der Waals surface area contributed by atoms with Gasteiger partial charge in [-0.2, -0.15) is 0 Å². The number of piperidine rings is 1. The molecule has 1 saturated heterocycles. The van der Waals surface area contributed by atoms with Gasteiger partial charge in [-0.25, -0.2) is 4.98 Å². The molecule has 1 fully saturated rings. The van der Waals surface area contributed by atoms with Crippen molar-refractivity contribution in [3.05, 3.63) is 17.8 Å². The van der Waals surface area contributed by atoms with Crippen LogP contribution < -0.4 is 16.4 Å². The molecular weight excluding hydrogens is 244 g/mol. The highest BCUT2D eigenvalue weighted by molar-refractivity contribution is 5.98. The number of nitrogens with zero attached hydrogens (tertiary/aromatic N) is 2. The molecule has 1 unspecified atom stereocenters. The van der Waals surface area contributed by atoms with Crippen LogP contribution in [0.2, 0.25) is 0 Å². The smallest absolute Gasteiger partial charge is 0.252 e. The number of rotatable bonds is 3. The van der Waals surface area contributed by atoms with Crippen molar-refractivity contribution in [2.24, 2.45) is 5.73 Å². The quantitative estimate of drug-likeness (QED) is 0.840. The topological polar surface area (TPSA) is 94.5 Å². The molecule has 1 aromatic rings. The van der Waals surface area contributed by atoms with Gasteiger partial charge in [-0.3, -0.25) is 4.79 Å². The van der Waals surface area contributed by atoms with E-state index in [0.717, 1.165) is 19.4 Å². The molecule has 0 bridgehead atoms. The Morgan fingerprint density at radius 3 is 2.95 bits per heavy atom. The van der Waals surface area contributed by atoms with Crippen LogP contribution in [-0.2, 0) is 4.74 Å². The zero-order valence-corrected chi connectivity index (χ0v) is 11.3. The Kier molecular flexibility index (Phi) is 3.61. The first kappa shape index (κ1) is 13.6. The Bertz CT molecular complexity index is 492. The molecule has 1 aliphatic rings. The summed E-state index contributed by atoms with van der Waals surface area (Å²) in [5, 5.41) is 0. The maximum atomic E-state index is 11.5. The molecule has 6 heteroatoms. The molecule has 6 nitrogen and oxygen atoms in total. The van der Waals surface area contributed by atoms with Crippen LogP contribution in [0.25, 0.3) is 0 Å². The highest BCUT2D eigenvalue weighted by Gasteiger charge is 2.32. The van der Waals surface area contributed by atoms with Gasteiger partial charge in [-0.1, -0.05) is 0 Å². The zero-order valence-electron chi connectivity index (χ0n) is 11.3.